The van der Waals surface area contributed by atoms with Crippen LogP contribution in [-0.2, 0) is 16.3 Å². The molecule has 0 spiro atoms. The summed E-state index contributed by atoms with van der Waals surface area (Å²) < 4.78 is 12.0. The van der Waals surface area contributed by atoms with Gasteiger partial charge in [0.2, 0.25) is 0 Å². The molecule has 0 aliphatic carbocycles. The topological polar surface area (TPSA) is 31.4 Å². The van der Waals surface area contributed by atoms with E-state index in [0.717, 1.165) is 16.2 Å². The first-order valence-electron chi connectivity index (χ1n) is 7.06. The summed E-state index contributed by atoms with van der Waals surface area (Å²) in [6, 6.07) is 19.5. The maximum absolute atomic E-state index is 6.18. The van der Waals surface area contributed by atoms with Crippen molar-refractivity contribution in [3.05, 3.63) is 66.9 Å². The van der Waals surface area contributed by atoms with Crippen LogP contribution in [0.1, 0.15) is 6.92 Å². The van der Waals surface area contributed by atoms with Crippen LogP contribution in [0.2, 0.25) is 0 Å². The summed E-state index contributed by atoms with van der Waals surface area (Å²) in [7, 11) is 0. The number of pyridine rings is 1. The molecule has 112 valence electrons. The van der Waals surface area contributed by atoms with Crippen molar-refractivity contribution in [3.63, 3.8) is 0 Å². The molecule has 0 amide bonds. The van der Waals surface area contributed by atoms with Crippen molar-refractivity contribution >= 4 is 34.5 Å². The van der Waals surface area contributed by atoms with Gasteiger partial charge in [-0.1, -0.05) is 36.4 Å². The fraction of sp³-hybridized carbons (Fsp3) is 0.118. The molecule has 5 heteroatoms. The molecule has 0 bridgehead atoms. The number of nitrogens with zero attached hydrogens (tertiary/aromatic N) is 1. The van der Waals surface area contributed by atoms with E-state index in [2.05, 4.69) is 4.98 Å². The molecule has 0 saturated carbocycles. The van der Waals surface area contributed by atoms with Gasteiger partial charge in [0.25, 0.3) is 6.49 Å². The number of hydrogen-bond acceptors (Lipinski definition) is 4. The molecular formula is C17H16NO2PS. The van der Waals surface area contributed by atoms with E-state index in [1.807, 2.05) is 67.6 Å². The molecule has 0 N–H and O–H groups in total. The molecule has 0 saturated heterocycles. The number of rotatable bonds is 5. The Labute approximate surface area is 135 Å². The first kappa shape index (κ1) is 15.2. The normalized spacial score (nSPS) is 13.7. The molecular weight excluding hydrogens is 313 g/mol. The maximum Gasteiger partial charge on any atom is 0.269 e. The number of hydrogen-bond donors (Lipinski definition) is 0. The summed E-state index contributed by atoms with van der Waals surface area (Å²) in [5.74, 6) is 0.665. The van der Waals surface area contributed by atoms with E-state index in [4.69, 9.17) is 20.9 Å². The lowest BCUT2D eigenvalue weighted by Crippen LogP contribution is -2.12. The van der Waals surface area contributed by atoms with Gasteiger partial charge in [-0.3, -0.25) is 4.98 Å². The Balaban J connectivity index is 2.06. The molecule has 3 rings (SSSR count). The Bertz CT molecular complexity index is 818. The number of para-hydroxylation sites is 1. The van der Waals surface area contributed by atoms with Crippen molar-refractivity contribution < 1.29 is 9.05 Å². The summed E-state index contributed by atoms with van der Waals surface area (Å²) in [5.41, 5.74) is 0.801. The monoisotopic (exact) mass is 329 g/mol. The van der Waals surface area contributed by atoms with Gasteiger partial charge in [-0.2, -0.15) is 0 Å². The third kappa shape index (κ3) is 3.05. The Kier molecular flexibility index (Phi) is 4.53. The van der Waals surface area contributed by atoms with Gasteiger partial charge in [0, 0.05) is 16.9 Å². The number of fused-ring (bicyclic) bond motifs is 1. The molecule has 1 aromatic heterocycles. The van der Waals surface area contributed by atoms with Crippen LogP contribution in [0.4, 0.5) is 0 Å². The van der Waals surface area contributed by atoms with E-state index in [1.165, 1.54) is 0 Å². The lowest BCUT2D eigenvalue weighted by molar-refractivity contribution is 0.339. The van der Waals surface area contributed by atoms with Crippen LogP contribution in [0, 0.1) is 0 Å². The summed E-state index contributed by atoms with van der Waals surface area (Å²) in [6.07, 6.45) is 1.75. The van der Waals surface area contributed by atoms with Crippen LogP contribution in [0.25, 0.3) is 10.9 Å². The SMILES string of the molecule is CCO[P@@](=S)(Oc1cccc2cccnc12)c1ccccc1. The maximum atomic E-state index is 6.18. The van der Waals surface area contributed by atoms with Crippen molar-refractivity contribution in [1.82, 2.24) is 4.98 Å². The van der Waals surface area contributed by atoms with E-state index >= 15 is 0 Å². The van der Waals surface area contributed by atoms with Crippen molar-refractivity contribution in [1.29, 1.82) is 0 Å². The van der Waals surface area contributed by atoms with Crippen LogP contribution in [0.3, 0.4) is 0 Å². The van der Waals surface area contributed by atoms with E-state index in [0.29, 0.717) is 12.4 Å². The molecule has 1 atom stereocenters. The van der Waals surface area contributed by atoms with Crippen LogP contribution in [0.15, 0.2) is 66.9 Å². The molecule has 1 heterocycles. The van der Waals surface area contributed by atoms with Crippen molar-refractivity contribution in [2.24, 2.45) is 0 Å². The minimum Gasteiger partial charge on any atom is -0.438 e. The van der Waals surface area contributed by atoms with Gasteiger partial charge in [0.1, 0.15) is 5.52 Å². The largest absolute Gasteiger partial charge is 0.438 e. The fourth-order valence-corrected chi connectivity index (χ4v) is 4.73. The zero-order chi connectivity index (χ0) is 15.4. The highest BCUT2D eigenvalue weighted by Gasteiger charge is 2.24. The second kappa shape index (κ2) is 6.57. The predicted octanol–water partition coefficient (Wildman–Crippen LogP) is 4.29. The third-order valence-electron chi connectivity index (χ3n) is 3.19. The van der Waals surface area contributed by atoms with Crippen LogP contribution in [0.5, 0.6) is 5.75 Å². The molecule has 0 aliphatic heterocycles. The summed E-state index contributed by atoms with van der Waals surface area (Å²) in [4.78, 5) is 4.41. The van der Waals surface area contributed by atoms with Crippen molar-refractivity contribution in [3.8, 4) is 5.75 Å². The molecule has 2 aromatic carbocycles. The van der Waals surface area contributed by atoms with Gasteiger partial charge in [0.15, 0.2) is 5.75 Å². The zero-order valence-corrected chi connectivity index (χ0v) is 13.9. The quantitative estimate of drug-likeness (QED) is 0.654. The van der Waals surface area contributed by atoms with E-state index in [-0.39, 0.29) is 0 Å². The molecule has 3 aromatic rings. The molecule has 3 nitrogen and oxygen atoms in total. The first-order valence-corrected chi connectivity index (χ1v) is 9.70. The van der Waals surface area contributed by atoms with Gasteiger partial charge >= 0.3 is 0 Å². The Morgan fingerprint density at radius 1 is 1.00 bits per heavy atom. The van der Waals surface area contributed by atoms with Crippen molar-refractivity contribution in [2.75, 3.05) is 6.61 Å². The van der Waals surface area contributed by atoms with Gasteiger partial charge < -0.3 is 9.05 Å². The van der Waals surface area contributed by atoms with Crippen LogP contribution < -0.4 is 9.83 Å². The van der Waals surface area contributed by atoms with Gasteiger partial charge in [0.05, 0.1) is 6.61 Å². The Morgan fingerprint density at radius 3 is 2.55 bits per heavy atom. The number of aromatic nitrogens is 1. The lowest BCUT2D eigenvalue weighted by Gasteiger charge is -2.23. The lowest BCUT2D eigenvalue weighted by atomic mass is 10.2. The van der Waals surface area contributed by atoms with Crippen LogP contribution in [-0.4, -0.2) is 11.6 Å². The summed E-state index contributed by atoms with van der Waals surface area (Å²) >= 11 is 5.75. The standard InChI is InChI=1S/C17H16NO2PS/c1-2-19-21(22,15-10-4-3-5-11-15)20-16-12-6-8-14-9-7-13-18-17(14)16/h3-13H,2H2,1H3/t21-/m1/s1. The van der Waals surface area contributed by atoms with E-state index < -0.39 is 6.49 Å². The number of benzene rings is 2. The van der Waals surface area contributed by atoms with Gasteiger partial charge in [-0.25, -0.2) is 0 Å². The fourth-order valence-electron chi connectivity index (χ4n) is 2.21. The summed E-state index contributed by atoms with van der Waals surface area (Å²) in [6.45, 7) is -0.175. The minimum absolute atomic E-state index is 0.504. The highest BCUT2D eigenvalue weighted by Crippen LogP contribution is 2.48. The predicted molar refractivity (Wildman–Crippen MR) is 94.4 cm³/mol. The highest BCUT2D eigenvalue weighted by atomic mass is 32.5. The molecule has 0 aliphatic rings. The van der Waals surface area contributed by atoms with Gasteiger partial charge in [-0.05, 0) is 43.0 Å². The molecule has 0 fully saturated rings. The second-order valence-corrected chi connectivity index (χ2v) is 8.07. The van der Waals surface area contributed by atoms with Crippen molar-refractivity contribution in [2.45, 2.75) is 6.92 Å². The third-order valence-corrected chi connectivity index (χ3v) is 6.32. The zero-order valence-electron chi connectivity index (χ0n) is 12.2. The first-order chi connectivity index (χ1) is 10.7. The average molecular weight is 329 g/mol. The Morgan fingerprint density at radius 2 is 1.77 bits per heavy atom. The van der Waals surface area contributed by atoms with E-state index in [9.17, 15) is 0 Å². The molecule has 0 unspecified atom stereocenters. The average Bonchev–Trinajstić information content (AvgIpc) is 2.56. The summed E-state index contributed by atoms with van der Waals surface area (Å²) in [5, 5.41) is 1.92. The van der Waals surface area contributed by atoms with Gasteiger partial charge in [-0.15, -0.1) is 0 Å². The highest BCUT2D eigenvalue weighted by molar-refractivity contribution is 8.13. The smallest absolute Gasteiger partial charge is 0.269 e. The molecule has 0 radical (unpaired) electrons. The Hall–Kier alpha value is -1.74. The van der Waals surface area contributed by atoms with Crippen LogP contribution >= 0.6 is 6.49 Å². The van der Waals surface area contributed by atoms with E-state index in [1.54, 1.807) is 6.20 Å². The second-order valence-electron chi connectivity index (χ2n) is 4.67. The molecule has 22 heavy (non-hydrogen) atoms. The minimum atomic E-state index is -2.60.